The first kappa shape index (κ1) is 27.2. The summed E-state index contributed by atoms with van der Waals surface area (Å²) in [5.74, 6) is 0.548. The Hall–Kier alpha value is -3.06. The number of para-hydroxylation sites is 1. The van der Waals surface area contributed by atoms with Crippen molar-refractivity contribution >= 4 is 11.9 Å². The van der Waals surface area contributed by atoms with E-state index in [1.807, 2.05) is 49.3 Å². The number of carbonyl (C=O) groups excluding carboxylic acids is 1. The number of esters is 1. The Labute approximate surface area is 202 Å². The number of ether oxygens (including phenoxy) is 3. The van der Waals surface area contributed by atoms with Crippen LogP contribution in [0.1, 0.15) is 43.2 Å². The average molecular weight is 472 g/mol. The number of hydrogen-bond acceptors (Lipinski definition) is 6. The third-order valence-electron chi connectivity index (χ3n) is 5.38. The SMILES string of the molecule is COc1ccc(CCc2ccccc2OC[C@H](CN(C)C)OC(=O)CCCCCC(=O)O)cc1. The van der Waals surface area contributed by atoms with Crippen LogP contribution in [0.4, 0.5) is 0 Å². The van der Waals surface area contributed by atoms with Crippen molar-refractivity contribution in [2.45, 2.75) is 51.0 Å². The van der Waals surface area contributed by atoms with Crippen molar-refractivity contribution in [3.63, 3.8) is 0 Å². The first-order valence-electron chi connectivity index (χ1n) is 11.8. The lowest BCUT2D eigenvalue weighted by Gasteiger charge is -2.22. The zero-order chi connectivity index (χ0) is 24.8. The van der Waals surface area contributed by atoms with Gasteiger partial charge in [-0.1, -0.05) is 36.8 Å². The fourth-order valence-corrected chi connectivity index (χ4v) is 3.60. The predicted molar refractivity (Wildman–Crippen MR) is 131 cm³/mol. The summed E-state index contributed by atoms with van der Waals surface area (Å²) < 4.78 is 17.0. The molecule has 0 radical (unpaired) electrons. The minimum Gasteiger partial charge on any atom is -0.497 e. The molecule has 7 nitrogen and oxygen atoms in total. The van der Waals surface area contributed by atoms with Crippen molar-refractivity contribution in [2.75, 3.05) is 34.4 Å². The molecule has 2 rings (SSSR count). The summed E-state index contributed by atoms with van der Waals surface area (Å²) in [6.07, 6.45) is 3.61. The van der Waals surface area contributed by atoms with Gasteiger partial charge >= 0.3 is 11.9 Å². The van der Waals surface area contributed by atoms with E-state index in [0.717, 1.165) is 29.9 Å². The highest BCUT2D eigenvalue weighted by molar-refractivity contribution is 5.69. The fourth-order valence-electron chi connectivity index (χ4n) is 3.60. The highest BCUT2D eigenvalue weighted by Gasteiger charge is 2.17. The molecule has 186 valence electrons. The monoisotopic (exact) mass is 471 g/mol. The van der Waals surface area contributed by atoms with Crippen LogP contribution >= 0.6 is 0 Å². The molecule has 0 amide bonds. The highest BCUT2D eigenvalue weighted by atomic mass is 16.6. The zero-order valence-corrected chi connectivity index (χ0v) is 20.5. The van der Waals surface area contributed by atoms with E-state index in [0.29, 0.717) is 25.8 Å². The summed E-state index contributed by atoms with van der Waals surface area (Å²) in [6, 6.07) is 16.0. The number of likely N-dealkylation sites (N-methyl/N-ethyl adjacent to an activating group) is 1. The Bertz CT molecular complexity index is 881. The van der Waals surface area contributed by atoms with Gasteiger partial charge in [0.2, 0.25) is 0 Å². The summed E-state index contributed by atoms with van der Waals surface area (Å²) in [6.45, 7) is 0.821. The number of benzene rings is 2. The van der Waals surface area contributed by atoms with Crippen LogP contribution in [-0.4, -0.2) is 62.4 Å². The number of carboxylic acid groups (broad SMARTS) is 1. The molecule has 1 atom stereocenters. The lowest BCUT2D eigenvalue weighted by atomic mass is 10.0. The molecule has 0 saturated carbocycles. The molecule has 0 aliphatic heterocycles. The molecule has 0 spiro atoms. The van der Waals surface area contributed by atoms with Gasteiger partial charge in [0.05, 0.1) is 7.11 Å². The second-order valence-corrected chi connectivity index (χ2v) is 8.60. The van der Waals surface area contributed by atoms with E-state index >= 15 is 0 Å². The van der Waals surface area contributed by atoms with Crippen LogP contribution in [-0.2, 0) is 27.2 Å². The van der Waals surface area contributed by atoms with Gasteiger partial charge in [-0.2, -0.15) is 0 Å². The molecule has 0 aliphatic rings. The third kappa shape index (κ3) is 10.7. The largest absolute Gasteiger partial charge is 0.497 e. The number of rotatable bonds is 16. The zero-order valence-electron chi connectivity index (χ0n) is 20.5. The molecule has 7 heteroatoms. The van der Waals surface area contributed by atoms with Crippen molar-refractivity contribution < 1.29 is 28.9 Å². The molecular formula is C27H37NO6. The predicted octanol–water partition coefficient (Wildman–Crippen LogP) is 4.37. The van der Waals surface area contributed by atoms with E-state index in [4.69, 9.17) is 19.3 Å². The normalized spacial score (nSPS) is 11.8. The summed E-state index contributed by atoms with van der Waals surface area (Å²) in [4.78, 5) is 24.8. The van der Waals surface area contributed by atoms with Crippen molar-refractivity contribution in [3.05, 3.63) is 59.7 Å². The van der Waals surface area contributed by atoms with E-state index in [-0.39, 0.29) is 25.4 Å². The molecule has 0 saturated heterocycles. The van der Waals surface area contributed by atoms with Crippen molar-refractivity contribution in [3.8, 4) is 11.5 Å². The maximum atomic E-state index is 12.3. The second-order valence-electron chi connectivity index (χ2n) is 8.60. The van der Waals surface area contributed by atoms with Crippen LogP contribution in [0.2, 0.25) is 0 Å². The smallest absolute Gasteiger partial charge is 0.306 e. The minimum absolute atomic E-state index is 0.129. The van der Waals surface area contributed by atoms with Crippen LogP contribution in [0.3, 0.4) is 0 Å². The maximum Gasteiger partial charge on any atom is 0.306 e. The molecular weight excluding hydrogens is 434 g/mol. The summed E-state index contributed by atoms with van der Waals surface area (Å²) in [5, 5.41) is 8.69. The highest BCUT2D eigenvalue weighted by Crippen LogP contribution is 2.21. The molecule has 2 aromatic rings. The Balaban J connectivity index is 1.87. The lowest BCUT2D eigenvalue weighted by Crippen LogP contribution is -2.35. The quantitative estimate of drug-likeness (QED) is 0.287. The molecule has 2 aromatic carbocycles. The average Bonchev–Trinajstić information content (AvgIpc) is 2.81. The topological polar surface area (TPSA) is 85.3 Å². The minimum atomic E-state index is -0.810. The second kappa shape index (κ2) is 15.0. The van der Waals surface area contributed by atoms with Crippen molar-refractivity contribution in [1.82, 2.24) is 4.90 Å². The van der Waals surface area contributed by atoms with Crippen molar-refractivity contribution in [1.29, 1.82) is 0 Å². The Morgan fingerprint density at radius 2 is 1.65 bits per heavy atom. The third-order valence-corrected chi connectivity index (χ3v) is 5.38. The Morgan fingerprint density at radius 3 is 2.32 bits per heavy atom. The molecule has 0 unspecified atom stereocenters. The molecule has 0 aliphatic carbocycles. The van der Waals surface area contributed by atoms with E-state index < -0.39 is 12.1 Å². The van der Waals surface area contributed by atoms with E-state index in [1.165, 1.54) is 5.56 Å². The molecule has 1 N–H and O–H groups in total. The van der Waals surface area contributed by atoms with Crippen LogP contribution < -0.4 is 9.47 Å². The number of aryl methyl sites for hydroxylation is 2. The van der Waals surface area contributed by atoms with Gasteiger partial charge in [-0.25, -0.2) is 0 Å². The first-order valence-corrected chi connectivity index (χ1v) is 11.8. The van der Waals surface area contributed by atoms with Gasteiger partial charge in [-0.15, -0.1) is 0 Å². The van der Waals surface area contributed by atoms with Gasteiger partial charge in [-0.05, 0) is 69.1 Å². The van der Waals surface area contributed by atoms with Gasteiger partial charge in [0.1, 0.15) is 24.2 Å². The Kier molecular flexibility index (Phi) is 12.0. The number of aliphatic carboxylic acids is 1. The van der Waals surface area contributed by atoms with Gasteiger partial charge in [-0.3, -0.25) is 9.59 Å². The summed E-state index contributed by atoms with van der Waals surface area (Å²) in [7, 11) is 5.51. The van der Waals surface area contributed by atoms with Gasteiger partial charge in [0.15, 0.2) is 0 Å². The van der Waals surface area contributed by atoms with Crippen LogP contribution in [0.25, 0.3) is 0 Å². The number of unbranched alkanes of at least 4 members (excludes halogenated alkanes) is 2. The summed E-state index contributed by atoms with van der Waals surface area (Å²) >= 11 is 0. The van der Waals surface area contributed by atoms with Crippen molar-refractivity contribution in [2.24, 2.45) is 0 Å². The summed E-state index contributed by atoms with van der Waals surface area (Å²) in [5.41, 5.74) is 2.32. The molecule has 0 bridgehead atoms. The van der Waals surface area contributed by atoms with E-state index in [1.54, 1.807) is 7.11 Å². The van der Waals surface area contributed by atoms with Crippen LogP contribution in [0.15, 0.2) is 48.5 Å². The van der Waals surface area contributed by atoms with Gasteiger partial charge < -0.3 is 24.2 Å². The fraction of sp³-hybridized carbons (Fsp3) is 0.481. The van der Waals surface area contributed by atoms with Crippen LogP contribution in [0.5, 0.6) is 11.5 Å². The molecule has 0 heterocycles. The van der Waals surface area contributed by atoms with Gasteiger partial charge in [0.25, 0.3) is 0 Å². The molecule has 34 heavy (non-hydrogen) atoms. The van der Waals surface area contributed by atoms with Crippen LogP contribution in [0, 0.1) is 0 Å². The van der Waals surface area contributed by atoms with Gasteiger partial charge in [0, 0.05) is 19.4 Å². The van der Waals surface area contributed by atoms with E-state index in [2.05, 4.69) is 18.2 Å². The number of hydrogen-bond donors (Lipinski definition) is 1. The lowest BCUT2D eigenvalue weighted by molar-refractivity contribution is -0.151. The standard InChI is InChI=1S/C27H37NO6/c1-28(2)19-24(34-27(31)12-6-4-5-11-26(29)30)20-33-25-10-8-7-9-22(25)16-13-21-14-17-23(32-3)18-15-21/h7-10,14-15,17-18,24H,4-6,11-13,16,19-20H2,1-3H3,(H,29,30)/t24-/m0/s1. The Morgan fingerprint density at radius 1 is 0.941 bits per heavy atom. The molecule has 0 aromatic heterocycles. The first-order chi connectivity index (χ1) is 16.4. The maximum absolute atomic E-state index is 12.3. The number of carboxylic acids is 1. The van der Waals surface area contributed by atoms with E-state index in [9.17, 15) is 9.59 Å². The number of nitrogens with zero attached hydrogens (tertiary/aromatic N) is 1. The molecule has 0 fully saturated rings. The number of carbonyl (C=O) groups is 2. The number of methoxy groups -OCH3 is 1.